The summed E-state index contributed by atoms with van der Waals surface area (Å²) >= 11 is 3.50. The lowest BCUT2D eigenvalue weighted by Crippen LogP contribution is -2.14. The zero-order valence-electron chi connectivity index (χ0n) is 10.3. The van der Waals surface area contributed by atoms with Crippen LogP contribution in [0.2, 0.25) is 0 Å². The summed E-state index contributed by atoms with van der Waals surface area (Å²) in [5.41, 5.74) is 2.32. The van der Waals surface area contributed by atoms with E-state index in [1.54, 1.807) is 0 Å². The lowest BCUT2D eigenvalue weighted by atomic mass is 10.3. The topological polar surface area (TPSA) is 29.9 Å². The van der Waals surface area contributed by atoms with Crippen LogP contribution in [0.5, 0.6) is 0 Å². The van der Waals surface area contributed by atoms with Gasteiger partial charge in [-0.2, -0.15) is 0 Å². The Labute approximate surface area is 110 Å². The van der Waals surface area contributed by atoms with Gasteiger partial charge in [0.1, 0.15) is 5.82 Å². The lowest BCUT2D eigenvalue weighted by molar-refractivity contribution is 0.638. The second kappa shape index (κ2) is 5.65. The van der Waals surface area contributed by atoms with Crippen LogP contribution in [0.25, 0.3) is 11.0 Å². The van der Waals surface area contributed by atoms with Gasteiger partial charge in [-0.25, -0.2) is 4.98 Å². The van der Waals surface area contributed by atoms with Gasteiger partial charge in [0, 0.05) is 24.0 Å². The van der Waals surface area contributed by atoms with Crippen LogP contribution < -0.4 is 5.32 Å². The summed E-state index contributed by atoms with van der Waals surface area (Å²) in [4.78, 5) is 4.72. The molecule has 1 aromatic carbocycles. The van der Waals surface area contributed by atoms with E-state index in [-0.39, 0.29) is 0 Å². The van der Waals surface area contributed by atoms with Crippen molar-refractivity contribution < 1.29 is 0 Å². The number of hydrogen-bond donors (Lipinski definition) is 1. The van der Waals surface area contributed by atoms with Gasteiger partial charge < -0.3 is 9.88 Å². The van der Waals surface area contributed by atoms with E-state index >= 15 is 0 Å². The maximum absolute atomic E-state index is 4.72. The summed E-state index contributed by atoms with van der Waals surface area (Å²) in [6, 6.07) is 6.31. The Bertz CT molecular complexity index is 505. The maximum atomic E-state index is 4.72. The molecule has 0 aliphatic carbocycles. The van der Waals surface area contributed by atoms with Gasteiger partial charge in [0.25, 0.3) is 0 Å². The molecule has 17 heavy (non-hydrogen) atoms. The number of nitrogens with one attached hydrogen (secondary N) is 1. The summed E-state index contributed by atoms with van der Waals surface area (Å²) in [6.07, 6.45) is 2.11. The molecule has 0 bridgehead atoms. The Hall–Kier alpha value is -0.870. The van der Waals surface area contributed by atoms with E-state index in [4.69, 9.17) is 4.98 Å². The van der Waals surface area contributed by atoms with Crippen LogP contribution >= 0.6 is 15.9 Å². The zero-order valence-corrected chi connectivity index (χ0v) is 11.9. The smallest absolute Gasteiger partial charge is 0.111 e. The lowest BCUT2D eigenvalue weighted by Gasteiger charge is -2.07. The molecular weight excluding hydrogens is 278 g/mol. The van der Waals surface area contributed by atoms with Crippen LogP contribution in [0, 0.1) is 0 Å². The number of aromatic nitrogens is 2. The molecule has 0 amide bonds. The van der Waals surface area contributed by atoms with Gasteiger partial charge in [0.15, 0.2) is 0 Å². The van der Waals surface area contributed by atoms with E-state index < -0.39 is 0 Å². The number of rotatable bonds is 5. The fourth-order valence-corrected chi connectivity index (χ4v) is 2.40. The summed E-state index contributed by atoms with van der Waals surface area (Å²) in [7, 11) is 1.98. The van der Waals surface area contributed by atoms with Crippen molar-refractivity contribution in [1.82, 2.24) is 14.9 Å². The highest BCUT2D eigenvalue weighted by atomic mass is 79.9. The predicted octanol–water partition coefficient (Wildman–Crippen LogP) is 2.97. The average molecular weight is 296 g/mol. The van der Waals surface area contributed by atoms with E-state index in [2.05, 4.69) is 50.9 Å². The third-order valence-corrected chi connectivity index (χ3v) is 3.33. The molecule has 92 valence electrons. The predicted molar refractivity (Wildman–Crippen MR) is 75.4 cm³/mol. The molecule has 3 nitrogen and oxygen atoms in total. The van der Waals surface area contributed by atoms with E-state index in [9.17, 15) is 0 Å². The Kier molecular flexibility index (Phi) is 4.18. The molecule has 0 radical (unpaired) electrons. The van der Waals surface area contributed by atoms with E-state index in [0.29, 0.717) is 0 Å². The highest BCUT2D eigenvalue weighted by molar-refractivity contribution is 9.10. The first-order chi connectivity index (χ1) is 8.26. The quantitative estimate of drug-likeness (QED) is 0.919. The largest absolute Gasteiger partial charge is 0.328 e. The minimum atomic E-state index is 0.966. The molecule has 0 aliphatic rings. The molecule has 1 heterocycles. The number of imidazole rings is 1. The zero-order chi connectivity index (χ0) is 12.3. The molecule has 0 fully saturated rings. The van der Waals surface area contributed by atoms with Gasteiger partial charge in [-0.15, -0.1) is 0 Å². The van der Waals surface area contributed by atoms with Gasteiger partial charge in [0.05, 0.1) is 11.0 Å². The normalized spacial score (nSPS) is 11.2. The van der Waals surface area contributed by atoms with E-state index in [1.165, 1.54) is 11.3 Å². The average Bonchev–Trinajstić information content (AvgIpc) is 2.64. The molecule has 0 aliphatic heterocycles. The highest BCUT2D eigenvalue weighted by Crippen LogP contribution is 2.21. The number of nitrogens with zero attached hydrogens (tertiary/aromatic N) is 2. The Morgan fingerprint density at radius 1 is 1.41 bits per heavy atom. The van der Waals surface area contributed by atoms with Crippen molar-refractivity contribution in [2.75, 3.05) is 13.6 Å². The summed E-state index contributed by atoms with van der Waals surface area (Å²) in [5.74, 6) is 1.18. The van der Waals surface area contributed by atoms with Crippen LogP contribution in [0.4, 0.5) is 0 Å². The molecule has 0 unspecified atom stereocenters. The first-order valence-corrected chi connectivity index (χ1v) is 6.84. The van der Waals surface area contributed by atoms with Gasteiger partial charge in [-0.3, -0.25) is 0 Å². The number of fused-ring (bicyclic) bond motifs is 1. The number of likely N-dealkylation sites (N-methyl/N-ethyl adjacent to an activating group) is 1. The first kappa shape index (κ1) is 12.6. The second-order valence-electron chi connectivity index (χ2n) is 4.17. The number of benzene rings is 1. The van der Waals surface area contributed by atoms with E-state index in [1.807, 2.05) is 7.05 Å². The maximum Gasteiger partial charge on any atom is 0.111 e. The van der Waals surface area contributed by atoms with Crippen molar-refractivity contribution in [2.24, 2.45) is 0 Å². The fraction of sp³-hybridized carbons (Fsp3) is 0.462. The molecule has 0 saturated heterocycles. The van der Waals surface area contributed by atoms with Crippen molar-refractivity contribution in [3.8, 4) is 0 Å². The monoisotopic (exact) mass is 295 g/mol. The molecule has 1 aromatic heterocycles. The SMILES string of the molecule is CCCn1c(CCNC)nc2cc(Br)ccc21. The van der Waals surface area contributed by atoms with Gasteiger partial charge >= 0.3 is 0 Å². The Morgan fingerprint density at radius 3 is 2.94 bits per heavy atom. The van der Waals surface area contributed by atoms with Gasteiger partial charge in [0.2, 0.25) is 0 Å². The Morgan fingerprint density at radius 2 is 2.24 bits per heavy atom. The van der Waals surface area contributed by atoms with E-state index in [0.717, 1.165) is 35.9 Å². The molecule has 2 aromatic rings. The number of aryl methyl sites for hydroxylation is 1. The van der Waals surface area contributed by atoms with Crippen LogP contribution in [-0.2, 0) is 13.0 Å². The summed E-state index contributed by atoms with van der Waals surface area (Å²) < 4.78 is 3.42. The molecule has 0 spiro atoms. The number of halogens is 1. The standard InChI is InChI=1S/C13H18BrN3/c1-3-8-17-12-5-4-10(14)9-11(12)16-13(17)6-7-15-2/h4-5,9,15H,3,6-8H2,1-2H3. The van der Waals surface area contributed by atoms with Crippen molar-refractivity contribution >= 4 is 27.0 Å². The minimum absolute atomic E-state index is 0.966. The molecule has 0 atom stereocenters. The highest BCUT2D eigenvalue weighted by Gasteiger charge is 2.09. The summed E-state index contributed by atoms with van der Waals surface area (Å²) in [5, 5.41) is 3.18. The Balaban J connectivity index is 2.45. The van der Waals surface area contributed by atoms with Crippen molar-refractivity contribution in [3.63, 3.8) is 0 Å². The van der Waals surface area contributed by atoms with Crippen LogP contribution in [0.1, 0.15) is 19.2 Å². The molecule has 0 saturated carbocycles. The minimum Gasteiger partial charge on any atom is -0.328 e. The second-order valence-corrected chi connectivity index (χ2v) is 5.08. The van der Waals surface area contributed by atoms with Crippen LogP contribution in [0.15, 0.2) is 22.7 Å². The first-order valence-electron chi connectivity index (χ1n) is 6.05. The van der Waals surface area contributed by atoms with Crippen molar-refractivity contribution in [2.45, 2.75) is 26.3 Å². The van der Waals surface area contributed by atoms with Crippen LogP contribution in [0.3, 0.4) is 0 Å². The third-order valence-electron chi connectivity index (χ3n) is 2.84. The fourth-order valence-electron chi connectivity index (χ4n) is 2.05. The number of hydrogen-bond acceptors (Lipinski definition) is 2. The molecule has 4 heteroatoms. The van der Waals surface area contributed by atoms with Gasteiger partial charge in [-0.05, 0) is 31.7 Å². The molecular formula is C13H18BrN3. The van der Waals surface area contributed by atoms with Crippen LogP contribution in [-0.4, -0.2) is 23.1 Å². The van der Waals surface area contributed by atoms with Crippen molar-refractivity contribution in [3.05, 3.63) is 28.5 Å². The van der Waals surface area contributed by atoms with Crippen molar-refractivity contribution in [1.29, 1.82) is 0 Å². The molecule has 1 N–H and O–H groups in total. The summed E-state index contributed by atoms with van der Waals surface area (Å²) in [6.45, 7) is 4.21. The molecule has 2 rings (SSSR count). The third kappa shape index (κ3) is 2.69. The van der Waals surface area contributed by atoms with Gasteiger partial charge in [-0.1, -0.05) is 22.9 Å².